The monoisotopic (exact) mass is 552 g/mol. The minimum atomic E-state index is -3.75. The molecule has 40 heavy (non-hydrogen) atoms. The standard InChI is InChI=1S/C30H28N6O3S/c1-21-4-5-22(15-25(21)17-30-33-13-10-28(34-30)24-3-2-12-32-18-24)16-29(37)23-6-8-27(9-7-23)40(38,39)35-26-11-14-36(19-26)20-31/h2-10,12-13,15,18,26,35H,11,14,16-17,19H2,1H3. The van der Waals surface area contributed by atoms with Gasteiger partial charge >= 0.3 is 0 Å². The maximum Gasteiger partial charge on any atom is 0.240 e. The Labute approximate surface area is 233 Å². The Kier molecular flexibility index (Phi) is 7.96. The van der Waals surface area contributed by atoms with E-state index < -0.39 is 10.0 Å². The lowest BCUT2D eigenvalue weighted by molar-refractivity contribution is 0.0993. The fourth-order valence-corrected chi connectivity index (χ4v) is 5.96. The number of rotatable bonds is 9. The van der Waals surface area contributed by atoms with Gasteiger partial charge in [0.1, 0.15) is 5.82 Å². The zero-order valence-electron chi connectivity index (χ0n) is 22.0. The maximum absolute atomic E-state index is 13.0. The summed E-state index contributed by atoms with van der Waals surface area (Å²) in [6.07, 6.45) is 8.54. The second-order valence-electron chi connectivity index (χ2n) is 9.81. The van der Waals surface area contributed by atoms with Crippen molar-refractivity contribution < 1.29 is 13.2 Å². The van der Waals surface area contributed by atoms with Gasteiger partial charge in [0.15, 0.2) is 12.0 Å². The normalized spacial score (nSPS) is 15.1. The minimum absolute atomic E-state index is 0.0885. The predicted molar refractivity (Wildman–Crippen MR) is 150 cm³/mol. The molecule has 1 aliphatic heterocycles. The van der Waals surface area contributed by atoms with Crippen LogP contribution in [0.4, 0.5) is 0 Å². The number of nitriles is 1. The molecule has 2 aromatic carbocycles. The third-order valence-corrected chi connectivity index (χ3v) is 8.46. The summed E-state index contributed by atoms with van der Waals surface area (Å²) >= 11 is 0. The van der Waals surface area contributed by atoms with Gasteiger partial charge in [0, 0.05) is 61.7 Å². The molecule has 1 atom stereocenters. The smallest absolute Gasteiger partial charge is 0.240 e. The number of nitrogens with zero attached hydrogens (tertiary/aromatic N) is 5. The van der Waals surface area contributed by atoms with E-state index in [1.807, 2.05) is 49.5 Å². The molecular formula is C30H28N6O3S. The van der Waals surface area contributed by atoms with Crippen molar-refractivity contribution >= 4 is 15.8 Å². The van der Waals surface area contributed by atoms with Gasteiger partial charge < -0.3 is 4.90 Å². The maximum atomic E-state index is 13.0. The van der Waals surface area contributed by atoms with E-state index in [1.165, 1.54) is 17.0 Å². The van der Waals surface area contributed by atoms with E-state index in [0.717, 1.165) is 27.9 Å². The highest BCUT2D eigenvalue weighted by Crippen LogP contribution is 2.20. The molecule has 0 amide bonds. The summed E-state index contributed by atoms with van der Waals surface area (Å²) in [5.41, 5.74) is 5.12. The van der Waals surface area contributed by atoms with E-state index in [4.69, 9.17) is 10.2 Å². The molecule has 0 radical (unpaired) electrons. The molecular weight excluding hydrogens is 524 g/mol. The van der Waals surface area contributed by atoms with Crippen molar-refractivity contribution in [3.05, 3.63) is 107 Å². The third-order valence-electron chi connectivity index (χ3n) is 6.93. The van der Waals surface area contributed by atoms with Crippen LogP contribution >= 0.6 is 0 Å². The number of aryl methyl sites for hydroxylation is 1. The van der Waals surface area contributed by atoms with Crippen molar-refractivity contribution in [2.45, 2.75) is 37.1 Å². The highest BCUT2D eigenvalue weighted by molar-refractivity contribution is 7.89. The number of benzene rings is 2. The molecule has 9 nitrogen and oxygen atoms in total. The molecule has 4 aromatic rings. The molecule has 0 bridgehead atoms. The number of sulfonamides is 1. The topological polar surface area (TPSA) is 129 Å². The van der Waals surface area contributed by atoms with Gasteiger partial charge in [-0.15, -0.1) is 0 Å². The van der Waals surface area contributed by atoms with E-state index in [9.17, 15) is 13.2 Å². The van der Waals surface area contributed by atoms with Crippen LogP contribution in [0.5, 0.6) is 0 Å². The van der Waals surface area contributed by atoms with Crippen LogP contribution in [0.1, 0.15) is 39.3 Å². The van der Waals surface area contributed by atoms with Crippen molar-refractivity contribution in [2.75, 3.05) is 13.1 Å². The summed E-state index contributed by atoms with van der Waals surface area (Å²) in [6, 6.07) is 17.2. The average molecular weight is 553 g/mol. The highest BCUT2D eigenvalue weighted by Gasteiger charge is 2.27. The first-order valence-electron chi connectivity index (χ1n) is 12.9. The first-order chi connectivity index (χ1) is 19.3. The molecule has 0 saturated carbocycles. The first-order valence-corrected chi connectivity index (χ1v) is 14.4. The molecule has 3 heterocycles. The molecule has 5 rings (SSSR count). The molecule has 10 heteroatoms. The van der Waals surface area contributed by atoms with Gasteiger partial charge in [0.25, 0.3) is 0 Å². The number of ketones is 1. The van der Waals surface area contributed by atoms with Crippen molar-refractivity contribution in [1.29, 1.82) is 5.26 Å². The van der Waals surface area contributed by atoms with Crippen LogP contribution in [0.2, 0.25) is 0 Å². The third kappa shape index (κ3) is 6.39. The molecule has 202 valence electrons. The SMILES string of the molecule is Cc1ccc(CC(=O)c2ccc(S(=O)(=O)NC3CCN(C#N)C3)cc2)cc1Cc1nccc(-c2cccnc2)n1. The zero-order valence-corrected chi connectivity index (χ0v) is 22.8. The lowest BCUT2D eigenvalue weighted by atomic mass is 9.97. The Morgan fingerprint density at radius 1 is 1.12 bits per heavy atom. The zero-order chi connectivity index (χ0) is 28.1. The summed E-state index contributed by atoms with van der Waals surface area (Å²) in [5, 5.41) is 8.99. The predicted octanol–water partition coefficient (Wildman–Crippen LogP) is 3.70. The van der Waals surface area contributed by atoms with Gasteiger partial charge in [-0.05, 0) is 60.4 Å². The van der Waals surface area contributed by atoms with Crippen LogP contribution in [0, 0.1) is 18.4 Å². The van der Waals surface area contributed by atoms with Crippen molar-refractivity contribution in [1.82, 2.24) is 24.6 Å². The Morgan fingerprint density at radius 3 is 2.67 bits per heavy atom. The van der Waals surface area contributed by atoms with Crippen LogP contribution in [-0.2, 0) is 22.9 Å². The van der Waals surface area contributed by atoms with E-state index in [-0.39, 0.29) is 23.1 Å². The lowest BCUT2D eigenvalue weighted by Crippen LogP contribution is -2.36. The summed E-state index contributed by atoms with van der Waals surface area (Å²) in [5.74, 6) is 0.568. The number of likely N-dealkylation sites (tertiary alicyclic amines) is 1. The number of hydrogen-bond donors (Lipinski definition) is 1. The fourth-order valence-electron chi connectivity index (χ4n) is 4.70. The quantitative estimate of drug-likeness (QED) is 0.246. The summed E-state index contributed by atoms with van der Waals surface area (Å²) in [4.78, 5) is 28.0. The molecule has 1 aliphatic rings. The molecule has 2 aromatic heterocycles. The number of nitrogens with one attached hydrogen (secondary N) is 1. The number of aromatic nitrogens is 3. The first kappa shape index (κ1) is 27.1. The van der Waals surface area contributed by atoms with Gasteiger partial charge in [-0.2, -0.15) is 5.26 Å². The van der Waals surface area contributed by atoms with E-state index in [2.05, 4.69) is 14.7 Å². The molecule has 1 saturated heterocycles. The minimum Gasteiger partial charge on any atom is -0.309 e. The van der Waals surface area contributed by atoms with Crippen LogP contribution in [0.3, 0.4) is 0 Å². The second kappa shape index (κ2) is 11.7. The van der Waals surface area contributed by atoms with Crippen molar-refractivity contribution in [2.24, 2.45) is 0 Å². The largest absolute Gasteiger partial charge is 0.309 e. The lowest BCUT2D eigenvalue weighted by Gasteiger charge is -2.13. The van der Waals surface area contributed by atoms with Crippen molar-refractivity contribution in [3.63, 3.8) is 0 Å². The Hall–Kier alpha value is -4.46. The highest BCUT2D eigenvalue weighted by atomic mass is 32.2. The number of carbonyl (C=O) groups excluding carboxylic acids is 1. The Balaban J connectivity index is 1.25. The molecule has 1 unspecified atom stereocenters. The summed E-state index contributed by atoms with van der Waals surface area (Å²) in [7, 11) is -3.75. The second-order valence-corrected chi connectivity index (χ2v) is 11.5. The van der Waals surface area contributed by atoms with Crippen LogP contribution in [-0.4, -0.2) is 53.2 Å². The molecule has 1 fully saturated rings. The Bertz CT molecular complexity index is 1670. The van der Waals surface area contributed by atoms with Gasteiger partial charge in [0.2, 0.25) is 10.0 Å². The number of carbonyl (C=O) groups is 1. The van der Waals surface area contributed by atoms with E-state index >= 15 is 0 Å². The van der Waals surface area contributed by atoms with Crippen LogP contribution in [0.25, 0.3) is 11.3 Å². The van der Waals surface area contributed by atoms with Gasteiger partial charge in [0.05, 0.1) is 10.6 Å². The molecule has 1 N–H and O–H groups in total. The summed E-state index contributed by atoms with van der Waals surface area (Å²) < 4.78 is 28.2. The van der Waals surface area contributed by atoms with E-state index in [0.29, 0.717) is 37.3 Å². The van der Waals surface area contributed by atoms with Gasteiger partial charge in [-0.1, -0.05) is 30.3 Å². The van der Waals surface area contributed by atoms with Gasteiger partial charge in [-0.25, -0.2) is 23.1 Å². The van der Waals surface area contributed by atoms with E-state index in [1.54, 1.807) is 30.7 Å². The Morgan fingerprint density at radius 2 is 1.95 bits per heavy atom. The van der Waals surface area contributed by atoms with Crippen molar-refractivity contribution in [3.8, 4) is 17.5 Å². The number of Topliss-reactive ketones (excluding diaryl/α,β-unsaturated/α-hetero) is 1. The summed E-state index contributed by atoms with van der Waals surface area (Å²) in [6.45, 7) is 2.90. The number of pyridine rings is 1. The average Bonchev–Trinajstić information content (AvgIpc) is 3.42. The molecule has 0 spiro atoms. The van der Waals surface area contributed by atoms with Crippen LogP contribution in [0.15, 0.2) is 84.1 Å². The van der Waals surface area contributed by atoms with Gasteiger partial charge in [-0.3, -0.25) is 9.78 Å². The fraction of sp³-hybridized carbons (Fsp3) is 0.233. The van der Waals surface area contributed by atoms with Crippen LogP contribution < -0.4 is 4.72 Å². The number of hydrogen-bond acceptors (Lipinski definition) is 8. The molecule has 0 aliphatic carbocycles.